The zero-order chi connectivity index (χ0) is 8.57. The number of methoxy groups -OCH3 is 1. The molecule has 10 heavy (non-hydrogen) atoms. The summed E-state index contributed by atoms with van der Waals surface area (Å²) in [6.07, 6.45) is 0.0552. The van der Waals surface area contributed by atoms with Crippen molar-refractivity contribution < 1.29 is 9.53 Å². The fraction of sp³-hybridized carbons (Fsp3) is 0.750. The van der Waals surface area contributed by atoms with E-state index in [0.29, 0.717) is 0 Å². The van der Waals surface area contributed by atoms with Crippen LogP contribution in [-0.4, -0.2) is 27.5 Å². The van der Waals surface area contributed by atoms with Crippen molar-refractivity contribution in [2.75, 3.05) is 7.11 Å². The van der Waals surface area contributed by atoms with Crippen LogP contribution < -0.4 is 0 Å². The fourth-order valence-electron chi connectivity index (χ4n) is 0.209. The second-order valence-corrected chi connectivity index (χ2v) is 2.45. The SMILES string of the molecule is COC(=O)CC(Cl)Cl.[SiH3]Cl. The van der Waals surface area contributed by atoms with E-state index in [4.69, 9.17) is 34.3 Å². The number of hydrogen-bond donors (Lipinski definition) is 0. The smallest absolute Gasteiger partial charge is 0.308 e. The van der Waals surface area contributed by atoms with Crippen LogP contribution in [0.2, 0.25) is 0 Å². The van der Waals surface area contributed by atoms with E-state index < -0.39 is 4.84 Å². The van der Waals surface area contributed by atoms with E-state index in [1.807, 2.05) is 0 Å². The maximum atomic E-state index is 10.2. The van der Waals surface area contributed by atoms with Crippen molar-refractivity contribution in [2.24, 2.45) is 0 Å². The normalized spacial score (nSPS) is 8.50. The Bertz CT molecular complexity index is 88.6. The summed E-state index contributed by atoms with van der Waals surface area (Å²) in [6, 6.07) is 0. The molecule has 0 aliphatic carbocycles. The van der Waals surface area contributed by atoms with Gasteiger partial charge in [0, 0.05) is 0 Å². The lowest BCUT2D eigenvalue weighted by Gasteiger charge is -1.96. The summed E-state index contributed by atoms with van der Waals surface area (Å²) in [5, 5.41) is 0. The van der Waals surface area contributed by atoms with Crippen molar-refractivity contribution in [1.29, 1.82) is 0 Å². The molecule has 0 aromatic heterocycles. The summed E-state index contributed by atoms with van der Waals surface area (Å²) in [4.78, 5) is 9.58. The topological polar surface area (TPSA) is 26.3 Å². The average Bonchev–Trinajstić information content (AvgIpc) is 1.91. The molecule has 2 nitrogen and oxygen atoms in total. The standard InChI is InChI=1S/C4H6Cl2O2.ClH3Si/c1-8-4(7)2-3(5)6;1-2/h3H,2H2,1H3;2H3. The molecular weight excluding hydrogens is 214 g/mol. The van der Waals surface area contributed by atoms with E-state index in [9.17, 15) is 4.79 Å². The van der Waals surface area contributed by atoms with Crippen molar-refractivity contribution in [3.05, 3.63) is 0 Å². The van der Waals surface area contributed by atoms with Gasteiger partial charge in [-0.3, -0.25) is 4.79 Å². The van der Waals surface area contributed by atoms with E-state index in [1.54, 1.807) is 0 Å². The molecule has 0 amide bonds. The Morgan fingerprint density at radius 2 is 2.00 bits per heavy atom. The van der Waals surface area contributed by atoms with Crippen LogP contribution >= 0.6 is 34.3 Å². The van der Waals surface area contributed by atoms with E-state index in [-0.39, 0.29) is 12.4 Å². The molecule has 0 aromatic carbocycles. The molecule has 0 aliphatic heterocycles. The molecule has 0 N–H and O–H groups in total. The lowest BCUT2D eigenvalue weighted by Crippen LogP contribution is -2.03. The number of hydrogen-bond acceptors (Lipinski definition) is 2. The van der Waals surface area contributed by atoms with Gasteiger partial charge in [-0.05, 0) is 0 Å². The maximum absolute atomic E-state index is 10.2. The summed E-state index contributed by atoms with van der Waals surface area (Å²) < 4.78 is 4.25. The summed E-state index contributed by atoms with van der Waals surface area (Å²) in [6.45, 7) is 0. The van der Waals surface area contributed by atoms with Gasteiger partial charge in [0.2, 0.25) is 0 Å². The second-order valence-electron chi connectivity index (χ2n) is 1.17. The third kappa shape index (κ3) is 11.4. The molecule has 0 aromatic rings. The average molecular weight is 224 g/mol. The Balaban J connectivity index is 0. The van der Waals surface area contributed by atoms with Crippen LogP contribution in [0.15, 0.2) is 0 Å². The third-order valence-corrected chi connectivity index (χ3v) is 0.857. The number of ether oxygens (including phenoxy) is 1. The first-order valence-corrected chi connectivity index (χ1v) is 6.29. The van der Waals surface area contributed by atoms with Crippen molar-refractivity contribution in [3.63, 3.8) is 0 Å². The van der Waals surface area contributed by atoms with Gasteiger partial charge in [0.15, 0.2) is 0 Å². The molecule has 0 heterocycles. The van der Waals surface area contributed by atoms with Crippen molar-refractivity contribution in [3.8, 4) is 0 Å². The van der Waals surface area contributed by atoms with Crippen LogP contribution in [0.4, 0.5) is 0 Å². The highest BCUT2D eigenvalue weighted by atomic mass is 35.6. The Morgan fingerprint density at radius 3 is 2.10 bits per heavy atom. The maximum Gasteiger partial charge on any atom is 0.308 e. The van der Waals surface area contributed by atoms with Crippen LogP contribution in [-0.2, 0) is 9.53 Å². The minimum absolute atomic E-state index is 0.0552. The zero-order valence-corrected chi connectivity index (χ0v) is 10.0. The van der Waals surface area contributed by atoms with Gasteiger partial charge in [-0.1, -0.05) is 0 Å². The number of alkyl halides is 2. The van der Waals surface area contributed by atoms with Gasteiger partial charge in [-0.15, -0.1) is 23.2 Å². The van der Waals surface area contributed by atoms with E-state index in [2.05, 4.69) is 4.74 Å². The van der Waals surface area contributed by atoms with Crippen molar-refractivity contribution >= 4 is 49.8 Å². The second kappa shape index (κ2) is 9.56. The number of carbonyl (C=O) groups is 1. The first-order chi connectivity index (χ1) is 4.66. The molecule has 6 heteroatoms. The predicted octanol–water partition coefficient (Wildman–Crippen LogP) is 0.859. The molecule has 0 rings (SSSR count). The molecule has 0 radical (unpaired) electrons. The minimum Gasteiger partial charge on any atom is -0.469 e. The van der Waals surface area contributed by atoms with Gasteiger partial charge in [0.05, 0.1) is 13.5 Å². The summed E-state index contributed by atoms with van der Waals surface area (Å²) >= 11 is 15.2. The molecule has 62 valence electrons. The molecule has 0 atom stereocenters. The third-order valence-electron chi connectivity index (χ3n) is 0.549. The largest absolute Gasteiger partial charge is 0.469 e. The molecule has 0 bridgehead atoms. The van der Waals surface area contributed by atoms with Gasteiger partial charge in [0.25, 0.3) is 0 Å². The minimum atomic E-state index is -0.651. The molecule has 0 spiro atoms. The number of esters is 1. The lowest BCUT2D eigenvalue weighted by molar-refractivity contribution is -0.140. The van der Waals surface area contributed by atoms with Gasteiger partial charge in [-0.25, -0.2) is 0 Å². The van der Waals surface area contributed by atoms with E-state index >= 15 is 0 Å². The highest BCUT2D eigenvalue weighted by Gasteiger charge is 2.05. The first-order valence-electron chi connectivity index (χ1n) is 2.39. The van der Waals surface area contributed by atoms with Gasteiger partial charge in [0.1, 0.15) is 14.4 Å². The lowest BCUT2D eigenvalue weighted by atomic mass is 10.5. The Kier molecular flexibility index (Phi) is 12.6. The zero-order valence-electron chi connectivity index (χ0n) is 5.73. The predicted molar refractivity (Wildman–Crippen MR) is 47.9 cm³/mol. The molecule has 0 saturated heterocycles. The van der Waals surface area contributed by atoms with Crippen LogP contribution in [0.3, 0.4) is 0 Å². The highest BCUT2D eigenvalue weighted by Crippen LogP contribution is 2.06. The monoisotopic (exact) mass is 222 g/mol. The van der Waals surface area contributed by atoms with Crippen LogP contribution in [0.5, 0.6) is 0 Å². The van der Waals surface area contributed by atoms with E-state index in [1.165, 1.54) is 7.11 Å². The molecule has 0 unspecified atom stereocenters. The number of rotatable bonds is 2. The van der Waals surface area contributed by atoms with Crippen LogP contribution in [0, 0.1) is 0 Å². The van der Waals surface area contributed by atoms with Gasteiger partial charge < -0.3 is 4.74 Å². The summed E-state index contributed by atoms with van der Waals surface area (Å²) in [5.74, 6) is -0.389. The number of carbonyl (C=O) groups excluding carboxylic acids is 1. The van der Waals surface area contributed by atoms with Crippen molar-refractivity contribution in [1.82, 2.24) is 0 Å². The fourth-order valence-corrected chi connectivity index (χ4v) is 0.461. The molecule has 0 fully saturated rings. The molecular formula is C4H9Cl3O2Si. The summed E-state index contributed by atoms with van der Waals surface area (Å²) in [5.41, 5.74) is 0. The van der Waals surface area contributed by atoms with Gasteiger partial charge >= 0.3 is 5.97 Å². The van der Waals surface area contributed by atoms with Crippen LogP contribution in [0.25, 0.3) is 0 Å². The first kappa shape index (κ1) is 13.2. The molecule has 0 saturated carbocycles. The number of halogens is 3. The summed E-state index contributed by atoms with van der Waals surface area (Å²) in [7, 11) is 2.07. The van der Waals surface area contributed by atoms with E-state index in [0.717, 1.165) is 9.55 Å². The van der Waals surface area contributed by atoms with Crippen LogP contribution in [0.1, 0.15) is 6.42 Å². The Morgan fingerprint density at radius 1 is 1.60 bits per heavy atom. The van der Waals surface area contributed by atoms with Crippen molar-refractivity contribution in [2.45, 2.75) is 11.3 Å². The highest BCUT2D eigenvalue weighted by molar-refractivity contribution is 6.80. The Labute approximate surface area is 77.9 Å². The molecule has 0 aliphatic rings. The van der Waals surface area contributed by atoms with Gasteiger partial charge in [-0.2, -0.15) is 11.1 Å². The Hall–Kier alpha value is 0.557. The quantitative estimate of drug-likeness (QED) is 0.300.